The molecule has 3 aromatic carbocycles. The number of benzene rings is 3. The zero-order valence-electron chi connectivity index (χ0n) is 22.2. The standard InChI is InChI=1S/C31H24ClNO8/c1-15-10-18(11-25(35)31(15)30(37)26-23(38-2)13-24(39-3)27(32)29(26)41-31)33-17-6-4-16(5-7-17)21-14-40-22-12-19(34)8-9-20(22)28(21)36/h4-9,11-15,33-34H,10H2,1-3H3. The number of ketones is 2. The average Bonchev–Trinajstić information content (AvgIpc) is 3.27. The van der Waals surface area contributed by atoms with Gasteiger partial charge in [-0.15, -0.1) is 0 Å². The summed E-state index contributed by atoms with van der Waals surface area (Å²) < 4.78 is 22.3. The number of phenolic OH excluding ortho intramolecular Hbond substituents is 1. The normalized spacial score (nSPS) is 19.6. The van der Waals surface area contributed by atoms with Gasteiger partial charge in [0.25, 0.3) is 0 Å². The third-order valence-corrected chi connectivity index (χ3v) is 7.93. The van der Waals surface area contributed by atoms with Crippen molar-refractivity contribution in [2.75, 3.05) is 19.5 Å². The van der Waals surface area contributed by atoms with Gasteiger partial charge in [0.2, 0.25) is 17.2 Å². The number of fused-ring (bicyclic) bond motifs is 2. The van der Waals surface area contributed by atoms with E-state index in [-0.39, 0.29) is 39.0 Å². The van der Waals surface area contributed by atoms with Crippen molar-refractivity contribution in [1.82, 2.24) is 0 Å². The van der Waals surface area contributed by atoms with Gasteiger partial charge in [0.1, 0.15) is 39.7 Å². The molecule has 1 aliphatic carbocycles. The molecular formula is C31H24ClNO8. The summed E-state index contributed by atoms with van der Waals surface area (Å²) in [5.41, 5.74) is 0.740. The number of ether oxygens (including phenoxy) is 3. The number of methoxy groups -OCH3 is 2. The monoisotopic (exact) mass is 573 g/mol. The van der Waals surface area contributed by atoms with Crippen LogP contribution < -0.4 is 25.0 Å². The van der Waals surface area contributed by atoms with Crippen LogP contribution >= 0.6 is 11.6 Å². The van der Waals surface area contributed by atoms with E-state index >= 15 is 0 Å². The molecule has 2 atom stereocenters. The molecular weight excluding hydrogens is 550 g/mol. The lowest BCUT2D eigenvalue weighted by atomic mass is 9.74. The van der Waals surface area contributed by atoms with Gasteiger partial charge in [-0.25, -0.2) is 0 Å². The highest BCUT2D eigenvalue weighted by Gasteiger charge is 2.60. The fourth-order valence-electron chi connectivity index (χ4n) is 5.45. The van der Waals surface area contributed by atoms with Crippen molar-refractivity contribution in [3.8, 4) is 34.1 Å². The van der Waals surface area contributed by atoms with Crippen LogP contribution in [0.1, 0.15) is 23.7 Å². The molecule has 10 heteroatoms. The first-order valence-electron chi connectivity index (χ1n) is 12.7. The molecule has 2 N–H and O–H groups in total. The van der Waals surface area contributed by atoms with Gasteiger partial charge in [0.15, 0.2) is 11.2 Å². The molecule has 4 aromatic rings. The van der Waals surface area contributed by atoms with E-state index in [0.717, 1.165) is 0 Å². The summed E-state index contributed by atoms with van der Waals surface area (Å²) in [6.07, 6.45) is 3.08. The molecule has 0 bridgehead atoms. The molecule has 208 valence electrons. The van der Waals surface area contributed by atoms with Gasteiger partial charge in [-0.2, -0.15) is 0 Å². The second-order valence-electron chi connectivity index (χ2n) is 9.97. The quantitative estimate of drug-likeness (QED) is 0.287. The maximum Gasteiger partial charge on any atom is 0.236 e. The van der Waals surface area contributed by atoms with Gasteiger partial charge in [-0.05, 0) is 36.2 Å². The SMILES string of the molecule is COc1cc(OC)c2c(c1Cl)OC1(C(=O)C=C(Nc3ccc(-c4coc5cc(O)ccc5c4=O)cc3)CC1C)C2=O. The Bertz CT molecular complexity index is 1840. The lowest BCUT2D eigenvalue weighted by Crippen LogP contribution is -2.55. The number of allylic oxidation sites excluding steroid dienone is 1. The van der Waals surface area contributed by atoms with Gasteiger partial charge in [0, 0.05) is 35.5 Å². The van der Waals surface area contributed by atoms with Gasteiger partial charge >= 0.3 is 0 Å². The molecule has 1 aliphatic heterocycles. The molecule has 9 nitrogen and oxygen atoms in total. The van der Waals surface area contributed by atoms with Crippen LogP contribution in [-0.2, 0) is 4.79 Å². The largest absolute Gasteiger partial charge is 0.508 e. The Morgan fingerprint density at radius 3 is 2.44 bits per heavy atom. The number of carbonyl (C=O) groups excluding carboxylic acids is 2. The van der Waals surface area contributed by atoms with Gasteiger partial charge in [-0.3, -0.25) is 14.4 Å². The highest BCUT2D eigenvalue weighted by molar-refractivity contribution is 6.36. The molecule has 6 rings (SSSR count). The van der Waals surface area contributed by atoms with Gasteiger partial charge < -0.3 is 29.1 Å². The van der Waals surface area contributed by atoms with Crippen LogP contribution in [0, 0.1) is 5.92 Å². The molecule has 2 unspecified atom stereocenters. The van der Waals surface area contributed by atoms with Crippen LogP contribution in [0.3, 0.4) is 0 Å². The predicted octanol–water partition coefficient (Wildman–Crippen LogP) is 5.76. The summed E-state index contributed by atoms with van der Waals surface area (Å²) in [5, 5.41) is 13.3. The van der Waals surface area contributed by atoms with Crippen molar-refractivity contribution in [2.24, 2.45) is 5.92 Å². The Hall–Kier alpha value is -4.76. The number of hydrogen-bond donors (Lipinski definition) is 2. The fourth-order valence-corrected chi connectivity index (χ4v) is 5.72. The van der Waals surface area contributed by atoms with Crippen molar-refractivity contribution in [3.63, 3.8) is 0 Å². The number of Topliss-reactive ketones (excluding diaryl/α,β-unsaturated/α-hetero) is 1. The minimum Gasteiger partial charge on any atom is -0.508 e. The van der Waals surface area contributed by atoms with Crippen LogP contribution in [0.2, 0.25) is 5.02 Å². The molecule has 1 aromatic heterocycles. The molecule has 0 saturated carbocycles. The maximum absolute atomic E-state index is 13.7. The van der Waals surface area contributed by atoms with E-state index in [2.05, 4.69) is 5.32 Å². The number of hydrogen-bond acceptors (Lipinski definition) is 9. The lowest BCUT2D eigenvalue weighted by molar-refractivity contribution is -0.129. The Morgan fingerprint density at radius 1 is 1.02 bits per heavy atom. The molecule has 0 saturated heterocycles. The lowest BCUT2D eigenvalue weighted by Gasteiger charge is -2.35. The number of aromatic hydroxyl groups is 1. The summed E-state index contributed by atoms with van der Waals surface area (Å²) in [7, 11) is 2.85. The molecule has 2 aliphatic rings. The second-order valence-corrected chi connectivity index (χ2v) is 10.3. The van der Waals surface area contributed by atoms with E-state index in [1.165, 1.54) is 50.8 Å². The van der Waals surface area contributed by atoms with E-state index in [1.807, 2.05) is 0 Å². The summed E-state index contributed by atoms with van der Waals surface area (Å²) in [4.78, 5) is 40.2. The number of rotatable bonds is 5. The predicted molar refractivity (Wildman–Crippen MR) is 152 cm³/mol. The van der Waals surface area contributed by atoms with E-state index in [0.29, 0.717) is 39.9 Å². The smallest absolute Gasteiger partial charge is 0.236 e. The molecule has 0 amide bonds. The average molecular weight is 574 g/mol. The summed E-state index contributed by atoms with van der Waals surface area (Å²) in [6, 6.07) is 12.9. The van der Waals surface area contributed by atoms with Crippen LogP contribution in [0.25, 0.3) is 22.1 Å². The highest BCUT2D eigenvalue weighted by atomic mass is 35.5. The minimum absolute atomic E-state index is 0.0109. The number of carbonyl (C=O) groups is 2. The molecule has 1 spiro atoms. The Labute approximate surface area is 238 Å². The number of nitrogens with one attached hydrogen (secondary N) is 1. The first-order valence-corrected chi connectivity index (χ1v) is 13.1. The Balaban J connectivity index is 1.26. The van der Waals surface area contributed by atoms with E-state index in [4.69, 9.17) is 30.2 Å². The van der Waals surface area contributed by atoms with Crippen molar-refractivity contribution in [1.29, 1.82) is 0 Å². The van der Waals surface area contributed by atoms with E-state index in [1.54, 1.807) is 31.2 Å². The van der Waals surface area contributed by atoms with E-state index < -0.39 is 23.1 Å². The molecule has 41 heavy (non-hydrogen) atoms. The van der Waals surface area contributed by atoms with Crippen LogP contribution in [-0.4, -0.2) is 36.5 Å². The summed E-state index contributed by atoms with van der Waals surface area (Å²) in [5.74, 6) is -0.973. The number of phenols is 1. The number of halogens is 1. The van der Waals surface area contributed by atoms with Crippen molar-refractivity contribution in [2.45, 2.75) is 18.9 Å². The third-order valence-electron chi connectivity index (χ3n) is 7.57. The Morgan fingerprint density at radius 2 is 1.76 bits per heavy atom. The van der Waals surface area contributed by atoms with Crippen LogP contribution in [0.15, 0.2) is 75.8 Å². The molecule has 0 radical (unpaired) electrons. The van der Waals surface area contributed by atoms with Crippen molar-refractivity contribution < 1.29 is 33.3 Å². The van der Waals surface area contributed by atoms with Crippen molar-refractivity contribution >= 4 is 39.8 Å². The molecule has 2 heterocycles. The maximum atomic E-state index is 13.7. The minimum atomic E-state index is -1.76. The Kier molecular flexibility index (Phi) is 6.26. The van der Waals surface area contributed by atoms with Gasteiger partial charge in [-0.1, -0.05) is 30.7 Å². The van der Waals surface area contributed by atoms with Crippen LogP contribution in [0.5, 0.6) is 23.0 Å². The second kappa shape index (κ2) is 9.71. The van der Waals surface area contributed by atoms with Crippen LogP contribution in [0.4, 0.5) is 5.69 Å². The summed E-state index contributed by atoms with van der Waals surface area (Å²) in [6.45, 7) is 1.77. The molecule has 0 fully saturated rings. The fraction of sp³-hybridized carbons (Fsp3) is 0.194. The van der Waals surface area contributed by atoms with Crippen molar-refractivity contribution in [3.05, 3.63) is 87.4 Å². The zero-order valence-corrected chi connectivity index (χ0v) is 23.0. The van der Waals surface area contributed by atoms with E-state index in [9.17, 15) is 19.5 Å². The topological polar surface area (TPSA) is 124 Å². The summed E-state index contributed by atoms with van der Waals surface area (Å²) >= 11 is 6.45. The first kappa shape index (κ1) is 26.5. The zero-order chi connectivity index (χ0) is 29.1. The number of anilines is 1. The highest BCUT2D eigenvalue weighted by Crippen LogP contribution is 2.53. The third kappa shape index (κ3) is 4.03. The van der Waals surface area contributed by atoms with Gasteiger partial charge in [0.05, 0.1) is 25.2 Å². The first-order chi connectivity index (χ1) is 19.7.